The lowest BCUT2D eigenvalue weighted by molar-refractivity contribution is -0.385. The van der Waals surface area contributed by atoms with Gasteiger partial charge in [0, 0.05) is 24.2 Å². The van der Waals surface area contributed by atoms with Crippen molar-refractivity contribution in [3.8, 4) is 0 Å². The van der Waals surface area contributed by atoms with E-state index in [1.165, 1.54) is 18.2 Å². The Kier molecular flexibility index (Phi) is 4.21. The fourth-order valence-corrected chi connectivity index (χ4v) is 1.30. The largest absolute Gasteiger partial charge is 0.351 e. The van der Waals surface area contributed by atoms with Gasteiger partial charge in [-0.2, -0.15) is 0 Å². The zero-order valence-electron chi connectivity index (χ0n) is 8.27. The van der Waals surface area contributed by atoms with Crippen LogP contribution in [0.2, 0.25) is 5.02 Å². The van der Waals surface area contributed by atoms with Crippen LogP contribution in [0.25, 0.3) is 0 Å². The quantitative estimate of drug-likeness (QED) is 0.607. The van der Waals surface area contributed by atoms with E-state index in [9.17, 15) is 14.9 Å². The lowest BCUT2D eigenvalue weighted by atomic mass is 10.1. The SMILES string of the molecule is NCCNC(=O)c1cc(Cl)ccc1[N+](=O)[O-]. The number of nitrogens with one attached hydrogen (secondary N) is 1. The van der Waals surface area contributed by atoms with Gasteiger partial charge in [0.25, 0.3) is 11.6 Å². The van der Waals surface area contributed by atoms with E-state index in [-0.39, 0.29) is 29.4 Å². The van der Waals surface area contributed by atoms with Crippen molar-refractivity contribution >= 4 is 23.2 Å². The summed E-state index contributed by atoms with van der Waals surface area (Å²) in [6, 6.07) is 3.81. The normalized spacial score (nSPS) is 9.88. The van der Waals surface area contributed by atoms with Crippen LogP contribution in [0, 0.1) is 10.1 Å². The number of nitro groups is 1. The predicted molar refractivity (Wildman–Crippen MR) is 59.5 cm³/mol. The first kappa shape index (κ1) is 12.4. The molecule has 0 aliphatic heterocycles. The third kappa shape index (κ3) is 2.91. The molecule has 0 bridgehead atoms. The van der Waals surface area contributed by atoms with E-state index in [1.807, 2.05) is 0 Å². The molecule has 1 amide bonds. The number of rotatable bonds is 4. The molecule has 0 saturated carbocycles. The number of nitrogens with two attached hydrogens (primary N) is 1. The van der Waals surface area contributed by atoms with E-state index in [4.69, 9.17) is 17.3 Å². The highest BCUT2D eigenvalue weighted by Crippen LogP contribution is 2.22. The second kappa shape index (κ2) is 5.43. The van der Waals surface area contributed by atoms with Gasteiger partial charge in [0.2, 0.25) is 0 Å². The van der Waals surface area contributed by atoms with E-state index >= 15 is 0 Å². The molecule has 16 heavy (non-hydrogen) atoms. The van der Waals surface area contributed by atoms with Crippen LogP contribution >= 0.6 is 11.6 Å². The number of nitrogens with zero attached hydrogens (tertiary/aromatic N) is 1. The Labute approximate surface area is 96.5 Å². The number of benzene rings is 1. The lowest BCUT2D eigenvalue weighted by Crippen LogP contribution is -2.29. The number of hydrogen-bond donors (Lipinski definition) is 2. The molecular weight excluding hydrogens is 234 g/mol. The van der Waals surface area contributed by atoms with Crippen molar-refractivity contribution in [3.63, 3.8) is 0 Å². The van der Waals surface area contributed by atoms with E-state index in [1.54, 1.807) is 0 Å². The van der Waals surface area contributed by atoms with Crippen LogP contribution in [-0.4, -0.2) is 23.9 Å². The third-order valence-electron chi connectivity index (χ3n) is 1.83. The number of nitro benzene ring substituents is 1. The van der Waals surface area contributed by atoms with E-state index in [0.717, 1.165) is 0 Å². The molecule has 1 rings (SSSR count). The molecule has 0 spiro atoms. The van der Waals surface area contributed by atoms with Crippen molar-refractivity contribution in [2.45, 2.75) is 0 Å². The molecule has 1 aromatic rings. The summed E-state index contributed by atoms with van der Waals surface area (Å²) in [6.07, 6.45) is 0. The first-order valence-corrected chi connectivity index (χ1v) is 4.86. The summed E-state index contributed by atoms with van der Waals surface area (Å²) in [5, 5.41) is 13.4. The van der Waals surface area contributed by atoms with Gasteiger partial charge in [-0.05, 0) is 12.1 Å². The molecule has 7 heteroatoms. The van der Waals surface area contributed by atoms with E-state index in [0.29, 0.717) is 0 Å². The number of halogens is 1. The van der Waals surface area contributed by atoms with Gasteiger partial charge in [0.1, 0.15) is 5.56 Å². The maximum Gasteiger partial charge on any atom is 0.282 e. The molecule has 0 saturated heterocycles. The van der Waals surface area contributed by atoms with Crippen LogP contribution in [0.1, 0.15) is 10.4 Å². The zero-order valence-corrected chi connectivity index (χ0v) is 9.03. The van der Waals surface area contributed by atoms with Gasteiger partial charge in [-0.25, -0.2) is 0 Å². The van der Waals surface area contributed by atoms with Gasteiger partial charge in [-0.1, -0.05) is 11.6 Å². The second-order valence-electron chi connectivity index (χ2n) is 2.96. The summed E-state index contributed by atoms with van der Waals surface area (Å²) >= 11 is 5.67. The molecule has 3 N–H and O–H groups in total. The number of hydrogen-bond acceptors (Lipinski definition) is 4. The summed E-state index contributed by atoms with van der Waals surface area (Å²) in [7, 11) is 0. The van der Waals surface area contributed by atoms with Gasteiger partial charge in [0.15, 0.2) is 0 Å². The van der Waals surface area contributed by atoms with E-state index < -0.39 is 10.8 Å². The molecule has 0 aromatic heterocycles. The summed E-state index contributed by atoms with van der Waals surface area (Å²) in [6.45, 7) is 0.516. The maximum atomic E-state index is 11.6. The summed E-state index contributed by atoms with van der Waals surface area (Å²) in [5.74, 6) is -0.556. The van der Waals surface area contributed by atoms with Crippen LogP contribution in [0.4, 0.5) is 5.69 Å². The molecule has 0 heterocycles. The third-order valence-corrected chi connectivity index (χ3v) is 2.06. The molecular formula is C9H10ClN3O3. The van der Waals surface area contributed by atoms with Crippen molar-refractivity contribution in [2.24, 2.45) is 5.73 Å². The Hall–Kier alpha value is -1.66. The molecule has 1 aromatic carbocycles. The molecule has 0 atom stereocenters. The van der Waals surface area contributed by atoms with Gasteiger partial charge >= 0.3 is 0 Å². The topological polar surface area (TPSA) is 98.3 Å². The minimum absolute atomic E-state index is 0.0639. The number of carbonyl (C=O) groups is 1. The highest BCUT2D eigenvalue weighted by Gasteiger charge is 2.19. The zero-order chi connectivity index (χ0) is 12.1. The Morgan fingerprint density at radius 3 is 2.81 bits per heavy atom. The highest BCUT2D eigenvalue weighted by molar-refractivity contribution is 6.31. The Morgan fingerprint density at radius 1 is 1.56 bits per heavy atom. The first-order valence-electron chi connectivity index (χ1n) is 4.48. The average Bonchev–Trinajstić information content (AvgIpc) is 2.25. The second-order valence-corrected chi connectivity index (χ2v) is 3.40. The van der Waals surface area contributed by atoms with Crippen LogP contribution < -0.4 is 11.1 Å². The molecule has 0 radical (unpaired) electrons. The van der Waals surface area contributed by atoms with Crippen LogP contribution in [0.15, 0.2) is 18.2 Å². The van der Waals surface area contributed by atoms with Crippen LogP contribution in [0.3, 0.4) is 0 Å². The fraction of sp³-hybridized carbons (Fsp3) is 0.222. The van der Waals surface area contributed by atoms with Crippen molar-refractivity contribution in [2.75, 3.05) is 13.1 Å². The molecule has 0 unspecified atom stereocenters. The standard InChI is InChI=1S/C9H10ClN3O3/c10-6-1-2-8(13(15)16)7(5-6)9(14)12-4-3-11/h1-2,5H,3-4,11H2,(H,12,14). The monoisotopic (exact) mass is 243 g/mol. The summed E-state index contributed by atoms with van der Waals surface area (Å²) < 4.78 is 0. The minimum Gasteiger partial charge on any atom is -0.351 e. The van der Waals surface area contributed by atoms with Gasteiger partial charge in [-0.3, -0.25) is 14.9 Å². The van der Waals surface area contributed by atoms with E-state index in [2.05, 4.69) is 5.32 Å². The molecule has 0 fully saturated rings. The summed E-state index contributed by atoms with van der Waals surface area (Å²) in [4.78, 5) is 21.6. The number of amides is 1. The first-order chi connectivity index (χ1) is 7.56. The maximum absolute atomic E-state index is 11.6. The average molecular weight is 244 g/mol. The fourth-order valence-electron chi connectivity index (χ4n) is 1.13. The van der Waals surface area contributed by atoms with Gasteiger partial charge in [-0.15, -0.1) is 0 Å². The van der Waals surface area contributed by atoms with Crippen molar-refractivity contribution in [3.05, 3.63) is 38.9 Å². The predicted octanol–water partition coefficient (Wildman–Crippen LogP) is 0.937. The lowest BCUT2D eigenvalue weighted by Gasteiger charge is -2.04. The Balaban J connectivity index is 3.04. The highest BCUT2D eigenvalue weighted by atomic mass is 35.5. The van der Waals surface area contributed by atoms with Gasteiger partial charge in [0.05, 0.1) is 4.92 Å². The molecule has 0 aliphatic carbocycles. The van der Waals surface area contributed by atoms with Crippen molar-refractivity contribution < 1.29 is 9.72 Å². The summed E-state index contributed by atoms with van der Waals surface area (Å²) in [5.41, 5.74) is 4.87. The smallest absolute Gasteiger partial charge is 0.282 e. The van der Waals surface area contributed by atoms with Crippen LogP contribution in [-0.2, 0) is 0 Å². The van der Waals surface area contributed by atoms with Gasteiger partial charge < -0.3 is 11.1 Å². The van der Waals surface area contributed by atoms with Crippen molar-refractivity contribution in [1.29, 1.82) is 0 Å². The van der Waals surface area contributed by atoms with Crippen LogP contribution in [0.5, 0.6) is 0 Å². The molecule has 86 valence electrons. The minimum atomic E-state index is -0.631. The Morgan fingerprint density at radius 2 is 2.25 bits per heavy atom. The van der Waals surface area contributed by atoms with Crippen molar-refractivity contribution in [1.82, 2.24) is 5.32 Å². The Bertz CT molecular complexity index is 422. The molecule has 6 nitrogen and oxygen atoms in total. The number of carbonyl (C=O) groups excluding carboxylic acids is 1. The molecule has 0 aliphatic rings.